The summed E-state index contributed by atoms with van der Waals surface area (Å²) < 4.78 is 24.7. The normalized spacial score (nSPS) is 20.6. The molecule has 0 aliphatic carbocycles. The predicted octanol–water partition coefficient (Wildman–Crippen LogP) is -0.455. The van der Waals surface area contributed by atoms with E-state index in [9.17, 15) is 13.2 Å². The minimum Gasteiger partial charge on any atom is -0.392 e. The quantitative estimate of drug-likeness (QED) is 0.713. The van der Waals surface area contributed by atoms with E-state index >= 15 is 0 Å². The van der Waals surface area contributed by atoms with Gasteiger partial charge in [0, 0.05) is 25.6 Å². The Morgan fingerprint density at radius 1 is 1.44 bits per heavy atom. The van der Waals surface area contributed by atoms with E-state index in [4.69, 9.17) is 5.11 Å². The number of rotatable bonds is 5. The molecule has 0 saturated carbocycles. The molecule has 1 amide bonds. The van der Waals surface area contributed by atoms with E-state index in [0.717, 1.165) is 0 Å². The Morgan fingerprint density at radius 2 is 2.00 bits per heavy atom. The molecule has 0 bridgehead atoms. The highest BCUT2D eigenvalue weighted by atomic mass is 32.2. The highest BCUT2D eigenvalue weighted by molar-refractivity contribution is 7.89. The van der Waals surface area contributed by atoms with Crippen LogP contribution in [0, 0.1) is 5.92 Å². The summed E-state index contributed by atoms with van der Waals surface area (Å²) in [5.41, 5.74) is 0. The Balaban J connectivity index is 2.42. The maximum Gasteiger partial charge on any atom is 0.223 e. The molecule has 1 saturated heterocycles. The van der Waals surface area contributed by atoms with Gasteiger partial charge in [-0.1, -0.05) is 0 Å². The fourth-order valence-corrected chi connectivity index (χ4v) is 3.10. The third-order valence-electron chi connectivity index (χ3n) is 3.15. The van der Waals surface area contributed by atoms with Gasteiger partial charge in [0.15, 0.2) is 0 Å². The molecule has 0 aromatic carbocycles. The lowest BCUT2D eigenvalue weighted by Gasteiger charge is -2.30. The summed E-state index contributed by atoms with van der Waals surface area (Å²) in [5.74, 6) is -0.136. The Morgan fingerprint density at radius 3 is 2.44 bits per heavy atom. The monoisotopic (exact) mass is 278 g/mol. The first-order valence-electron chi connectivity index (χ1n) is 6.30. The summed E-state index contributed by atoms with van der Waals surface area (Å²) in [5, 5.41) is 11.7. The summed E-state index contributed by atoms with van der Waals surface area (Å²) in [4.78, 5) is 11.7. The number of hydrogen-bond acceptors (Lipinski definition) is 4. The van der Waals surface area contributed by atoms with Gasteiger partial charge in [0.25, 0.3) is 0 Å². The fourth-order valence-electron chi connectivity index (χ4n) is 1.97. The molecule has 1 heterocycles. The van der Waals surface area contributed by atoms with E-state index in [1.54, 1.807) is 13.8 Å². The average molecular weight is 278 g/mol. The molecule has 1 aliphatic rings. The standard InChI is InChI=1S/C11H22N2O4S/c1-3-18(16,17)13-6-4-10(5-7-13)11(15)12-8-9(2)14/h9-10,14H,3-8H2,1-2H3,(H,12,15). The number of aliphatic hydroxyl groups is 1. The number of nitrogens with one attached hydrogen (secondary N) is 1. The number of sulfonamides is 1. The molecular formula is C11H22N2O4S. The van der Waals surface area contributed by atoms with Crippen LogP contribution in [0.5, 0.6) is 0 Å². The molecule has 6 nitrogen and oxygen atoms in total. The zero-order valence-electron chi connectivity index (χ0n) is 10.9. The Kier molecular flexibility index (Phi) is 5.55. The van der Waals surface area contributed by atoms with Crippen LogP contribution in [-0.2, 0) is 14.8 Å². The van der Waals surface area contributed by atoms with Crippen LogP contribution < -0.4 is 5.32 Å². The molecule has 0 radical (unpaired) electrons. The topological polar surface area (TPSA) is 86.7 Å². The largest absolute Gasteiger partial charge is 0.392 e. The van der Waals surface area contributed by atoms with Gasteiger partial charge in [-0.2, -0.15) is 0 Å². The second-order valence-electron chi connectivity index (χ2n) is 4.67. The summed E-state index contributed by atoms with van der Waals surface area (Å²) in [6, 6.07) is 0. The number of piperidine rings is 1. The number of carbonyl (C=O) groups is 1. The summed E-state index contributed by atoms with van der Waals surface area (Å²) in [6.07, 6.45) is 0.532. The lowest BCUT2D eigenvalue weighted by Crippen LogP contribution is -2.44. The molecule has 18 heavy (non-hydrogen) atoms. The van der Waals surface area contributed by atoms with Crippen LogP contribution in [0.25, 0.3) is 0 Å². The lowest BCUT2D eigenvalue weighted by atomic mass is 9.97. The molecule has 1 rings (SSSR count). The van der Waals surface area contributed by atoms with E-state index in [-0.39, 0.29) is 24.1 Å². The van der Waals surface area contributed by atoms with Gasteiger partial charge in [0.1, 0.15) is 0 Å². The Hall–Kier alpha value is -0.660. The highest BCUT2D eigenvalue weighted by Gasteiger charge is 2.29. The molecule has 0 aromatic heterocycles. The van der Waals surface area contributed by atoms with Crippen LogP contribution in [0.1, 0.15) is 26.7 Å². The molecular weight excluding hydrogens is 256 g/mol. The van der Waals surface area contributed by atoms with Crippen molar-refractivity contribution in [3.63, 3.8) is 0 Å². The predicted molar refractivity (Wildman–Crippen MR) is 68.4 cm³/mol. The highest BCUT2D eigenvalue weighted by Crippen LogP contribution is 2.19. The molecule has 1 unspecified atom stereocenters. The van der Waals surface area contributed by atoms with Gasteiger partial charge in [0.05, 0.1) is 11.9 Å². The molecule has 2 N–H and O–H groups in total. The van der Waals surface area contributed by atoms with Gasteiger partial charge >= 0.3 is 0 Å². The van der Waals surface area contributed by atoms with Crippen molar-refractivity contribution in [2.24, 2.45) is 5.92 Å². The molecule has 7 heteroatoms. The van der Waals surface area contributed by atoms with Crippen LogP contribution in [0.15, 0.2) is 0 Å². The van der Waals surface area contributed by atoms with E-state index < -0.39 is 16.1 Å². The number of amides is 1. The van der Waals surface area contributed by atoms with Crippen molar-refractivity contribution >= 4 is 15.9 Å². The lowest BCUT2D eigenvalue weighted by molar-refractivity contribution is -0.126. The van der Waals surface area contributed by atoms with Crippen molar-refractivity contribution in [1.29, 1.82) is 0 Å². The molecule has 1 aliphatic heterocycles. The van der Waals surface area contributed by atoms with Crippen LogP contribution in [-0.4, -0.2) is 55.2 Å². The minimum atomic E-state index is -3.13. The van der Waals surface area contributed by atoms with Gasteiger partial charge in [-0.3, -0.25) is 4.79 Å². The summed E-state index contributed by atoms with van der Waals surface area (Å²) in [7, 11) is -3.13. The minimum absolute atomic E-state index is 0.0931. The van der Waals surface area contributed by atoms with E-state index in [1.165, 1.54) is 4.31 Å². The van der Waals surface area contributed by atoms with Gasteiger partial charge in [-0.15, -0.1) is 0 Å². The first-order valence-corrected chi connectivity index (χ1v) is 7.91. The van der Waals surface area contributed by atoms with Crippen molar-refractivity contribution in [2.75, 3.05) is 25.4 Å². The van der Waals surface area contributed by atoms with E-state index in [1.807, 2.05) is 0 Å². The fraction of sp³-hybridized carbons (Fsp3) is 0.909. The van der Waals surface area contributed by atoms with E-state index in [2.05, 4.69) is 5.32 Å². The zero-order chi connectivity index (χ0) is 13.8. The summed E-state index contributed by atoms with van der Waals surface area (Å²) >= 11 is 0. The van der Waals surface area contributed by atoms with Gasteiger partial charge in [0.2, 0.25) is 15.9 Å². The van der Waals surface area contributed by atoms with Crippen molar-refractivity contribution in [3.8, 4) is 0 Å². The second kappa shape index (κ2) is 6.49. The van der Waals surface area contributed by atoms with Gasteiger partial charge in [-0.05, 0) is 26.7 Å². The van der Waals surface area contributed by atoms with Crippen molar-refractivity contribution < 1.29 is 18.3 Å². The number of nitrogens with zero attached hydrogens (tertiary/aromatic N) is 1. The first kappa shape index (κ1) is 15.4. The van der Waals surface area contributed by atoms with Crippen LogP contribution in [0.3, 0.4) is 0 Å². The van der Waals surface area contributed by atoms with Crippen LogP contribution in [0.4, 0.5) is 0 Å². The maximum atomic E-state index is 11.7. The molecule has 0 spiro atoms. The van der Waals surface area contributed by atoms with Crippen LogP contribution in [0.2, 0.25) is 0 Å². The van der Waals surface area contributed by atoms with Gasteiger partial charge in [-0.25, -0.2) is 12.7 Å². The molecule has 106 valence electrons. The molecule has 1 atom stereocenters. The second-order valence-corrected chi connectivity index (χ2v) is 6.93. The SMILES string of the molecule is CCS(=O)(=O)N1CCC(C(=O)NCC(C)O)CC1. The van der Waals surface area contributed by atoms with Crippen molar-refractivity contribution in [3.05, 3.63) is 0 Å². The number of aliphatic hydroxyl groups excluding tert-OH is 1. The third-order valence-corrected chi connectivity index (χ3v) is 5.04. The average Bonchev–Trinajstić information content (AvgIpc) is 2.36. The third kappa shape index (κ3) is 4.22. The number of hydrogen-bond donors (Lipinski definition) is 2. The molecule has 1 fully saturated rings. The molecule has 0 aromatic rings. The van der Waals surface area contributed by atoms with Crippen LogP contribution >= 0.6 is 0 Å². The van der Waals surface area contributed by atoms with E-state index in [0.29, 0.717) is 25.9 Å². The Labute approximate surface area is 108 Å². The summed E-state index contributed by atoms with van der Waals surface area (Å²) in [6.45, 7) is 4.28. The Bertz CT molecular complexity index is 373. The first-order chi connectivity index (χ1) is 8.36. The van der Waals surface area contributed by atoms with Crippen molar-refractivity contribution in [1.82, 2.24) is 9.62 Å². The van der Waals surface area contributed by atoms with Crippen molar-refractivity contribution in [2.45, 2.75) is 32.8 Å². The smallest absolute Gasteiger partial charge is 0.223 e. The maximum absolute atomic E-state index is 11.7. The number of carbonyl (C=O) groups excluding carboxylic acids is 1. The zero-order valence-corrected chi connectivity index (χ0v) is 11.7. The van der Waals surface area contributed by atoms with Gasteiger partial charge < -0.3 is 10.4 Å².